The number of rotatable bonds is 3. The van der Waals surface area contributed by atoms with E-state index in [2.05, 4.69) is 5.32 Å². The van der Waals surface area contributed by atoms with Gasteiger partial charge in [0.15, 0.2) is 0 Å². The highest BCUT2D eigenvalue weighted by molar-refractivity contribution is 6.02. The Balaban J connectivity index is 2.73. The van der Waals surface area contributed by atoms with Gasteiger partial charge in [-0.25, -0.2) is 0 Å². The van der Waals surface area contributed by atoms with Gasteiger partial charge in [0.1, 0.15) is 12.0 Å². The lowest BCUT2D eigenvalue weighted by atomic mass is 9.85. The molecule has 0 aromatic rings. The Kier molecular flexibility index (Phi) is 3.07. The second-order valence-corrected chi connectivity index (χ2v) is 3.44. The molecule has 0 aliphatic heterocycles. The first-order chi connectivity index (χ1) is 6.63. The Morgan fingerprint density at radius 1 is 1.43 bits per heavy atom. The first kappa shape index (κ1) is 10.5. The molecule has 1 rings (SSSR count). The zero-order chi connectivity index (χ0) is 10.6. The van der Waals surface area contributed by atoms with Crippen LogP contribution in [0.5, 0.6) is 0 Å². The van der Waals surface area contributed by atoms with Crippen molar-refractivity contribution in [2.75, 3.05) is 6.54 Å². The van der Waals surface area contributed by atoms with Crippen LogP contribution in [0, 0.1) is 16.7 Å². The summed E-state index contributed by atoms with van der Waals surface area (Å²) in [5, 5.41) is 19.6. The van der Waals surface area contributed by atoms with Crippen LogP contribution in [0.1, 0.15) is 25.7 Å². The van der Waals surface area contributed by atoms with Gasteiger partial charge in [0.25, 0.3) is 0 Å². The number of hydrogen-bond acceptors (Lipinski definition) is 3. The molecule has 0 spiro atoms. The van der Waals surface area contributed by atoms with Crippen LogP contribution in [-0.4, -0.2) is 23.5 Å². The highest BCUT2D eigenvalue weighted by atomic mass is 16.4. The van der Waals surface area contributed by atoms with Crippen LogP contribution in [0.4, 0.5) is 0 Å². The minimum atomic E-state index is -1.28. The van der Waals surface area contributed by atoms with Gasteiger partial charge >= 0.3 is 5.97 Å². The van der Waals surface area contributed by atoms with Crippen LogP contribution >= 0.6 is 0 Å². The normalized spacial score (nSPS) is 18.5. The van der Waals surface area contributed by atoms with Crippen LogP contribution in [-0.2, 0) is 9.59 Å². The van der Waals surface area contributed by atoms with Gasteiger partial charge in [0, 0.05) is 0 Å². The summed E-state index contributed by atoms with van der Waals surface area (Å²) in [7, 11) is 0. The molecule has 0 unspecified atom stereocenters. The maximum atomic E-state index is 11.5. The van der Waals surface area contributed by atoms with Crippen molar-refractivity contribution in [1.29, 1.82) is 5.26 Å². The van der Waals surface area contributed by atoms with E-state index in [1.165, 1.54) is 0 Å². The van der Waals surface area contributed by atoms with E-state index in [-0.39, 0.29) is 6.54 Å². The van der Waals surface area contributed by atoms with Crippen molar-refractivity contribution >= 4 is 11.9 Å². The van der Waals surface area contributed by atoms with E-state index in [1.807, 2.05) is 0 Å². The highest BCUT2D eigenvalue weighted by Gasteiger charge is 2.47. The molecular weight excluding hydrogens is 184 g/mol. The number of carboxylic acids is 1. The van der Waals surface area contributed by atoms with Gasteiger partial charge in [-0.3, -0.25) is 9.59 Å². The van der Waals surface area contributed by atoms with Crippen molar-refractivity contribution in [1.82, 2.24) is 5.32 Å². The first-order valence-electron chi connectivity index (χ1n) is 4.52. The fourth-order valence-electron chi connectivity index (χ4n) is 1.81. The molecule has 76 valence electrons. The second kappa shape index (κ2) is 4.09. The van der Waals surface area contributed by atoms with E-state index in [9.17, 15) is 9.59 Å². The van der Waals surface area contributed by atoms with E-state index < -0.39 is 17.3 Å². The minimum absolute atomic E-state index is 0.131. The highest BCUT2D eigenvalue weighted by Crippen LogP contribution is 2.38. The maximum absolute atomic E-state index is 11.5. The summed E-state index contributed by atoms with van der Waals surface area (Å²) in [6, 6.07) is 1.75. The molecule has 0 heterocycles. The Hall–Kier alpha value is -1.57. The Labute approximate surface area is 81.7 Å². The maximum Gasteiger partial charge on any atom is 0.319 e. The van der Waals surface area contributed by atoms with Crippen LogP contribution in [0.15, 0.2) is 0 Å². The zero-order valence-electron chi connectivity index (χ0n) is 7.75. The third-order valence-electron chi connectivity index (χ3n) is 2.63. The van der Waals surface area contributed by atoms with Crippen molar-refractivity contribution in [2.45, 2.75) is 25.7 Å². The van der Waals surface area contributed by atoms with Crippen LogP contribution in [0.25, 0.3) is 0 Å². The van der Waals surface area contributed by atoms with Gasteiger partial charge < -0.3 is 10.4 Å². The molecular formula is C9H12N2O3. The van der Waals surface area contributed by atoms with E-state index in [1.54, 1.807) is 6.07 Å². The lowest BCUT2D eigenvalue weighted by Gasteiger charge is -2.21. The predicted octanol–water partition coefficient (Wildman–Crippen LogP) is 0.271. The number of aliphatic carboxylic acids is 1. The molecule has 1 aliphatic carbocycles. The van der Waals surface area contributed by atoms with Crippen LogP contribution in [0.3, 0.4) is 0 Å². The smallest absolute Gasteiger partial charge is 0.319 e. The van der Waals surface area contributed by atoms with Crippen molar-refractivity contribution in [3.63, 3.8) is 0 Å². The van der Waals surface area contributed by atoms with Crippen molar-refractivity contribution in [2.24, 2.45) is 5.41 Å². The van der Waals surface area contributed by atoms with E-state index in [0.29, 0.717) is 12.8 Å². The SMILES string of the molecule is N#CCNC(=O)C1(C(=O)O)CCCC1. The summed E-state index contributed by atoms with van der Waals surface area (Å²) in [6.45, 7) is -0.131. The molecule has 1 saturated carbocycles. The summed E-state index contributed by atoms with van der Waals surface area (Å²) >= 11 is 0. The minimum Gasteiger partial charge on any atom is -0.480 e. The predicted molar refractivity (Wildman–Crippen MR) is 47.2 cm³/mol. The first-order valence-corrected chi connectivity index (χ1v) is 4.52. The van der Waals surface area contributed by atoms with Gasteiger partial charge in [0.05, 0.1) is 6.07 Å². The standard InChI is InChI=1S/C9H12N2O3/c10-5-6-11-7(12)9(8(13)14)3-1-2-4-9/h1-4,6H2,(H,11,12)(H,13,14). The second-order valence-electron chi connectivity index (χ2n) is 3.44. The van der Waals surface area contributed by atoms with Gasteiger partial charge in [-0.1, -0.05) is 12.8 Å². The molecule has 1 fully saturated rings. The quantitative estimate of drug-likeness (QED) is 0.500. The molecule has 5 nitrogen and oxygen atoms in total. The van der Waals surface area contributed by atoms with E-state index in [0.717, 1.165) is 12.8 Å². The molecule has 1 amide bonds. The van der Waals surface area contributed by atoms with Crippen molar-refractivity contribution < 1.29 is 14.7 Å². The third-order valence-corrected chi connectivity index (χ3v) is 2.63. The Morgan fingerprint density at radius 3 is 2.43 bits per heavy atom. The monoisotopic (exact) mass is 196 g/mol. The lowest BCUT2D eigenvalue weighted by Crippen LogP contribution is -2.44. The van der Waals surface area contributed by atoms with Gasteiger partial charge in [-0.2, -0.15) is 5.26 Å². The molecule has 0 aromatic heterocycles. The lowest BCUT2D eigenvalue weighted by molar-refractivity contribution is -0.155. The number of carbonyl (C=O) groups is 2. The fraction of sp³-hybridized carbons (Fsp3) is 0.667. The number of hydrogen-bond donors (Lipinski definition) is 2. The van der Waals surface area contributed by atoms with Crippen LogP contribution in [0.2, 0.25) is 0 Å². The average molecular weight is 196 g/mol. The Bertz CT molecular complexity index is 287. The molecule has 0 bridgehead atoms. The average Bonchev–Trinajstić information content (AvgIpc) is 2.63. The fourth-order valence-corrected chi connectivity index (χ4v) is 1.81. The molecule has 2 N–H and O–H groups in total. The zero-order valence-corrected chi connectivity index (χ0v) is 7.75. The number of amides is 1. The largest absolute Gasteiger partial charge is 0.480 e. The molecule has 0 aromatic carbocycles. The van der Waals surface area contributed by atoms with Crippen LogP contribution < -0.4 is 5.32 Å². The molecule has 1 aliphatic rings. The van der Waals surface area contributed by atoms with Gasteiger partial charge in [-0.15, -0.1) is 0 Å². The topological polar surface area (TPSA) is 90.2 Å². The Morgan fingerprint density at radius 2 is 2.00 bits per heavy atom. The number of nitrogens with one attached hydrogen (secondary N) is 1. The molecule has 0 radical (unpaired) electrons. The summed E-state index contributed by atoms with van der Waals surface area (Å²) in [5.74, 6) is -1.60. The number of nitrogens with zero attached hydrogens (tertiary/aromatic N) is 1. The number of carbonyl (C=O) groups excluding carboxylic acids is 1. The van der Waals surface area contributed by atoms with Crippen molar-refractivity contribution in [3.05, 3.63) is 0 Å². The van der Waals surface area contributed by atoms with Gasteiger partial charge in [-0.05, 0) is 12.8 Å². The number of carboxylic acid groups (broad SMARTS) is 1. The summed E-state index contributed by atoms with van der Waals surface area (Å²) < 4.78 is 0. The third kappa shape index (κ3) is 1.69. The summed E-state index contributed by atoms with van der Waals surface area (Å²) in [5.41, 5.74) is -1.28. The molecule has 14 heavy (non-hydrogen) atoms. The van der Waals surface area contributed by atoms with Crippen molar-refractivity contribution in [3.8, 4) is 6.07 Å². The van der Waals surface area contributed by atoms with E-state index >= 15 is 0 Å². The van der Waals surface area contributed by atoms with Gasteiger partial charge in [0.2, 0.25) is 5.91 Å². The summed E-state index contributed by atoms with van der Waals surface area (Å²) in [4.78, 5) is 22.5. The molecule has 0 atom stereocenters. The van der Waals surface area contributed by atoms with E-state index in [4.69, 9.17) is 10.4 Å². The summed E-state index contributed by atoms with van der Waals surface area (Å²) in [6.07, 6.45) is 2.26. The number of nitriles is 1. The molecule has 5 heteroatoms. The molecule has 0 saturated heterocycles.